The van der Waals surface area contributed by atoms with E-state index in [4.69, 9.17) is 4.74 Å². The van der Waals surface area contributed by atoms with Gasteiger partial charge in [-0.15, -0.1) is 10.2 Å². The maximum Gasteiger partial charge on any atom is 0.248 e. The van der Waals surface area contributed by atoms with Crippen LogP contribution in [0.1, 0.15) is 5.56 Å². The summed E-state index contributed by atoms with van der Waals surface area (Å²) in [6, 6.07) is 13.0. The van der Waals surface area contributed by atoms with Gasteiger partial charge in [0, 0.05) is 35.4 Å². The first-order valence-corrected chi connectivity index (χ1v) is 11.5. The van der Waals surface area contributed by atoms with Crippen molar-refractivity contribution in [2.24, 2.45) is 0 Å². The van der Waals surface area contributed by atoms with E-state index in [-0.39, 0.29) is 5.91 Å². The van der Waals surface area contributed by atoms with Crippen molar-refractivity contribution in [1.82, 2.24) is 34.4 Å². The highest BCUT2D eigenvalue weighted by Gasteiger charge is 2.10. The van der Waals surface area contributed by atoms with Crippen LogP contribution in [0.3, 0.4) is 0 Å². The summed E-state index contributed by atoms with van der Waals surface area (Å²) in [5.74, 6) is 1.52. The molecule has 37 heavy (non-hydrogen) atoms. The number of benzene rings is 2. The van der Waals surface area contributed by atoms with Gasteiger partial charge in [-0.25, -0.2) is 15.0 Å². The van der Waals surface area contributed by atoms with Gasteiger partial charge < -0.3 is 20.3 Å². The van der Waals surface area contributed by atoms with E-state index >= 15 is 0 Å². The number of nitrogens with one attached hydrogen (secondary N) is 2. The molecular formula is C26H25N9O2. The summed E-state index contributed by atoms with van der Waals surface area (Å²) < 4.78 is 7.67. The normalized spacial score (nSPS) is 11.5. The molecule has 0 bridgehead atoms. The molecule has 3 heterocycles. The van der Waals surface area contributed by atoms with Gasteiger partial charge in [0.1, 0.15) is 30.5 Å². The summed E-state index contributed by atoms with van der Waals surface area (Å²) in [5.41, 5.74) is 3.79. The lowest BCUT2D eigenvalue weighted by Crippen LogP contribution is -2.12. The topological polar surface area (TPSA) is 122 Å². The van der Waals surface area contributed by atoms with Crippen LogP contribution >= 0.6 is 0 Å². The summed E-state index contributed by atoms with van der Waals surface area (Å²) in [6.07, 6.45) is 8.02. The van der Waals surface area contributed by atoms with E-state index in [0.717, 1.165) is 22.2 Å². The number of fused-ring (bicyclic) bond motifs is 2. The molecule has 0 atom stereocenters. The van der Waals surface area contributed by atoms with Crippen molar-refractivity contribution < 1.29 is 9.53 Å². The number of likely N-dealkylation sites (N-methyl/N-ethyl adjacent to an activating group) is 1. The molecule has 1 amide bonds. The molecule has 2 aromatic carbocycles. The molecule has 11 heteroatoms. The summed E-state index contributed by atoms with van der Waals surface area (Å²) in [4.78, 5) is 27.3. The van der Waals surface area contributed by atoms with Crippen LogP contribution in [0.5, 0.6) is 11.6 Å². The Hall–Kier alpha value is -4.90. The van der Waals surface area contributed by atoms with Gasteiger partial charge in [-0.1, -0.05) is 6.08 Å². The number of ether oxygens (including phenoxy) is 1. The Morgan fingerprint density at radius 1 is 1.05 bits per heavy atom. The van der Waals surface area contributed by atoms with Gasteiger partial charge >= 0.3 is 0 Å². The van der Waals surface area contributed by atoms with E-state index < -0.39 is 0 Å². The van der Waals surface area contributed by atoms with Crippen molar-refractivity contribution in [2.75, 3.05) is 31.3 Å². The molecule has 5 aromatic rings. The number of aromatic nitrogens is 6. The van der Waals surface area contributed by atoms with Crippen LogP contribution in [0, 0.1) is 6.92 Å². The highest BCUT2D eigenvalue weighted by molar-refractivity contribution is 6.01. The molecule has 0 spiro atoms. The van der Waals surface area contributed by atoms with Crippen LogP contribution in [0.25, 0.3) is 16.6 Å². The van der Waals surface area contributed by atoms with E-state index in [9.17, 15) is 4.79 Å². The molecule has 0 aliphatic heterocycles. The second-order valence-electron chi connectivity index (χ2n) is 8.64. The van der Waals surface area contributed by atoms with Crippen molar-refractivity contribution in [3.05, 3.63) is 79.2 Å². The van der Waals surface area contributed by atoms with Crippen molar-refractivity contribution in [3.63, 3.8) is 0 Å². The highest BCUT2D eigenvalue weighted by Crippen LogP contribution is 2.30. The van der Waals surface area contributed by atoms with Crippen LogP contribution in [0.2, 0.25) is 0 Å². The Labute approximate surface area is 212 Å². The smallest absolute Gasteiger partial charge is 0.248 e. The fourth-order valence-corrected chi connectivity index (χ4v) is 3.65. The first-order chi connectivity index (χ1) is 17.9. The number of carbonyl (C=O) groups excluding carboxylic acids is 1. The van der Waals surface area contributed by atoms with E-state index in [2.05, 4.69) is 35.8 Å². The molecule has 0 saturated heterocycles. The first-order valence-electron chi connectivity index (χ1n) is 11.5. The SMILES string of the molecule is Cc1cc(Nc2ncnc3ccc(NC(=O)C=CCN(C)C)cc23)ccc1Oc1cc2nncn2cn1. The van der Waals surface area contributed by atoms with Gasteiger partial charge in [0.2, 0.25) is 11.8 Å². The Morgan fingerprint density at radius 2 is 1.92 bits per heavy atom. The number of anilines is 3. The highest BCUT2D eigenvalue weighted by atomic mass is 16.5. The zero-order chi connectivity index (χ0) is 25.8. The molecule has 0 aliphatic rings. The third-order valence-electron chi connectivity index (χ3n) is 5.46. The van der Waals surface area contributed by atoms with Crippen LogP contribution in [-0.4, -0.2) is 61.0 Å². The lowest BCUT2D eigenvalue weighted by molar-refractivity contribution is -0.111. The van der Waals surface area contributed by atoms with Gasteiger partial charge in [0.25, 0.3) is 0 Å². The molecular weight excluding hydrogens is 470 g/mol. The second-order valence-corrected chi connectivity index (χ2v) is 8.64. The average Bonchev–Trinajstić information content (AvgIpc) is 3.34. The van der Waals surface area contributed by atoms with Crippen molar-refractivity contribution >= 4 is 39.6 Å². The first kappa shape index (κ1) is 23.8. The third kappa shape index (κ3) is 5.68. The summed E-state index contributed by atoms with van der Waals surface area (Å²) in [7, 11) is 3.89. The lowest BCUT2D eigenvalue weighted by Gasteiger charge is -2.13. The maximum atomic E-state index is 12.3. The molecule has 5 rings (SSSR count). The predicted octanol–water partition coefficient (Wildman–Crippen LogP) is 3.97. The fourth-order valence-electron chi connectivity index (χ4n) is 3.65. The lowest BCUT2D eigenvalue weighted by atomic mass is 10.1. The van der Waals surface area contributed by atoms with Gasteiger partial charge in [-0.05, 0) is 63.0 Å². The Balaban J connectivity index is 1.33. The van der Waals surface area contributed by atoms with Gasteiger partial charge in [-0.3, -0.25) is 9.20 Å². The number of carbonyl (C=O) groups is 1. The number of rotatable bonds is 8. The molecule has 0 fully saturated rings. The minimum Gasteiger partial charge on any atom is -0.439 e. The summed E-state index contributed by atoms with van der Waals surface area (Å²) in [6.45, 7) is 2.63. The molecule has 0 aliphatic carbocycles. The zero-order valence-corrected chi connectivity index (χ0v) is 20.6. The third-order valence-corrected chi connectivity index (χ3v) is 5.46. The second kappa shape index (κ2) is 10.4. The van der Waals surface area contributed by atoms with E-state index in [1.54, 1.807) is 23.1 Å². The monoisotopic (exact) mass is 495 g/mol. The number of nitrogens with zero attached hydrogens (tertiary/aromatic N) is 7. The molecule has 0 radical (unpaired) electrons. The molecule has 11 nitrogen and oxygen atoms in total. The Kier molecular flexibility index (Phi) is 6.68. The van der Waals surface area contributed by atoms with Crippen molar-refractivity contribution in [1.29, 1.82) is 0 Å². The number of aryl methyl sites for hydroxylation is 1. The van der Waals surface area contributed by atoms with Gasteiger partial charge in [-0.2, -0.15) is 0 Å². The molecule has 3 aromatic heterocycles. The Morgan fingerprint density at radius 3 is 2.76 bits per heavy atom. The van der Waals surface area contributed by atoms with E-state index in [0.29, 0.717) is 35.3 Å². The number of hydrogen-bond donors (Lipinski definition) is 2. The van der Waals surface area contributed by atoms with Crippen molar-refractivity contribution in [3.8, 4) is 11.6 Å². The zero-order valence-electron chi connectivity index (χ0n) is 20.6. The standard InChI is InChI=1S/C26H25N9O2/c1-17-11-18(7-9-22(17)37-25-13-23-33-30-16-35(23)15-29-25)32-26-20-12-19(6-8-21(20)27-14-28-26)31-24(36)5-4-10-34(2)3/h4-9,11-16H,10H2,1-3H3,(H,31,36)(H,27,28,32). The number of amides is 1. The number of hydrogen-bond acceptors (Lipinski definition) is 9. The van der Waals surface area contributed by atoms with Crippen LogP contribution in [0.15, 0.2) is 73.6 Å². The predicted molar refractivity (Wildman–Crippen MR) is 141 cm³/mol. The average molecular weight is 496 g/mol. The minimum absolute atomic E-state index is 0.198. The Bertz CT molecular complexity index is 1610. The van der Waals surface area contributed by atoms with Gasteiger partial charge in [0.05, 0.1) is 5.52 Å². The quantitative estimate of drug-likeness (QED) is 0.308. The minimum atomic E-state index is -0.198. The largest absolute Gasteiger partial charge is 0.439 e. The van der Waals surface area contributed by atoms with Crippen LogP contribution in [-0.2, 0) is 4.79 Å². The summed E-state index contributed by atoms with van der Waals surface area (Å²) in [5, 5.41) is 14.9. The van der Waals surface area contributed by atoms with Crippen molar-refractivity contribution in [2.45, 2.75) is 6.92 Å². The summed E-state index contributed by atoms with van der Waals surface area (Å²) >= 11 is 0. The van der Waals surface area contributed by atoms with Crippen LogP contribution < -0.4 is 15.4 Å². The van der Waals surface area contributed by atoms with E-state index in [1.807, 2.05) is 68.4 Å². The molecule has 0 saturated carbocycles. The molecule has 0 unspecified atom stereocenters. The van der Waals surface area contributed by atoms with E-state index in [1.165, 1.54) is 12.4 Å². The van der Waals surface area contributed by atoms with Gasteiger partial charge in [0.15, 0.2) is 5.65 Å². The van der Waals surface area contributed by atoms with Crippen LogP contribution in [0.4, 0.5) is 17.2 Å². The molecule has 186 valence electrons. The fraction of sp³-hybridized carbons (Fsp3) is 0.154. The maximum absolute atomic E-state index is 12.3. The molecule has 2 N–H and O–H groups in total.